The largest absolute Gasteiger partial charge is 0.497 e. The average molecular weight is 445 g/mol. The van der Waals surface area contributed by atoms with Gasteiger partial charge in [-0.15, -0.1) is 0 Å². The van der Waals surface area contributed by atoms with Crippen LogP contribution in [0.4, 0.5) is 10.5 Å². The van der Waals surface area contributed by atoms with Gasteiger partial charge in [0.25, 0.3) is 5.91 Å². The van der Waals surface area contributed by atoms with Gasteiger partial charge < -0.3 is 9.64 Å². The van der Waals surface area contributed by atoms with Gasteiger partial charge in [-0.05, 0) is 19.1 Å². The molecule has 0 radical (unpaired) electrons. The number of urea groups is 1. The van der Waals surface area contributed by atoms with E-state index in [1.54, 1.807) is 19.1 Å². The van der Waals surface area contributed by atoms with E-state index >= 15 is 0 Å². The van der Waals surface area contributed by atoms with E-state index in [9.17, 15) is 14.4 Å². The molecule has 0 N–H and O–H groups in total. The first-order valence-electron chi connectivity index (χ1n) is 10.6. The number of nitrogens with zero attached hydrogens (tertiary/aromatic N) is 5. The second-order valence-corrected chi connectivity index (χ2v) is 8.13. The number of fused-ring (bicyclic) bond motifs is 3. The van der Waals surface area contributed by atoms with Crippen LogP contribution in [0.3, 0.4) is 0 Å². The highest BCUT2D eigenvalue weighted by Crippen LogP contribution is 2.40. The predicted molar refractivity (Wildman–Crippen MR) is 122 cm³/mol. The first kappa shape index (κ1) is 20.7. The molecule has 0 aromatic heterocycles. The van der Waals surface area contributed by atoms with E-state index in [1.165, 1.54) is 11.8 Å². The Morgan fingerprint density at radius 2 is 1.85 bits per heavy atom. The first-order chi connectivity index (χ1) is 15.9. The normalized spacial score (nSPS) is 21.7. The Hall–Kier alpha value is -4.14. The van der Waals surface area contributed by atoms with E-state index < -0.39 is 24.1 Å². The van der Waals surface area contributed by atoms with E-state index in [4.69, 9.17) is 9.73 Å². The molecule has 3 amide bonds. The number of aliphatic imine (C=N–C) groups is 1. The molecule has 3 aliphatic rings. The second-order valence-electron chi connectivity index (χ2n) is 8.13. The summed E-state index contributed by atoms with van der Waals surface area (Å²) >= 11 is 0. The van der Waals surface area contributed by atoms with Crippen LogP contribution in [0.1, 0.15) is 12.5 Å². The van der Waals surface area contributed by atoms with Crippen LogP contribution in [0.2, 0.25) is 0 Å². The SMILES string of the molecule is COc1cccc(N2C(c3ccccc3)=CN3C2=NC2C3C(=O)N(CC(C)=O)C(=O)N2C)c1. The van der Waals surface area contributed by atoms with E-state index in [0.717, 1.165) is 21.8 Å². The van der Waals surface area contributed by atoms with Gasteiger partial charge in [0.15, 0.2) is 12.2 Å². The Labute approximate surface area is 191 Å². The third-order valence-corrected chi connectivity index (χ3v) is 5.97. The lowest BCUT2D eigenvalue weighted by atomic mass is 10.1. The number of amides is 3. The summed E-state index contributed by atoms with van der Waals surface area (Å²) in [5, 5.41) is 0. The Balaban J connectivity index is 1.62. The fourth-order valence-electron chi connectivity index (χ4n) is 4.42. The van der Waals surface area contributed by atoms with Crippen LogP contribution in [0.5, 0.6) is 5.75 Å². The summed E-state index contributed by atoms with van der Waals surface area (Å²) in [6.07, 6.45) is 1.19. The summed E-state index contributed by atoms with van der Waals surface area (Å²) in [6, 6.07) is 16.1. The van der Waals surface area contributed by atoms with Gasteiger partial charge in [0.1, 0.15) is 11.5 Å². The van der Waals surface area contributed by atoms with Crippen molar-refractivity contribution in [3.05, 3.63) is 66.4 Å². The second kappa shape index (κ2) is 7.77. The minimum absolute atomic E-state index is 0.261. The molecule has 9 heteroatoms. The molecule has 33 heavy (non-hydrogen) atoms. The van der Waals surface area contributed by atoms with Crippen LogP contribution in [0, 0.1) is 0 Å². The lowest BCUT2D eigenvalue weighted by Crippen LogP contribution is -2.64. The number of anilines is 1. The molecule has 1 fully saturated rings. The molecule has 2 aromatic carbocycles. The van der Waals surface area contributed by atoms with Gasteiger partial charge in [-0.2, -0.15) is 0 Å². The zero-order chi connectivity index (χ0) is 23.3. The molecule has 0 spiro atoms. The molecule has 2 aromatic rings. The number of likely N-dealkylation sites (N-methyl/N-ethyl adjacent to an activating group) is 1. The van der Waals surface area contributed by atoms with Crippen molar-refractivity contribution in [3.63, 3.8) is 0 Å². The third kappa shape index (κ3) is 3.24. The number of carbonyl (C=O) groups excluding carboxylic acids is 3. The molecule has 0 saturated carbocycles. The molecule has 3 heterocycles. The summed E-state index contributed by atoms with van der Waals surface area (Å²) in [6.45, 7) is 1.10. The molecule has 9 nitrogen and oxygen atoms in total. The summed E-state index contributed by atoms with van der Waals surface area (Å²) in [5.74, 6) is 0.524. The molecule has 0 bridgehead atoms. The standard InChI is InChI=1S/C24H23N5O4/c1-15(30)13-28-22(31)20-21(26(2)24(28)32)25-23-27(20)14-19(16-8-5-4-6-9-16)29(23)17-10-7-11-18(12-17)33-3/h4-12,14,20-21H,13H2,1-3H3. The van der Waals surface area contributed by atoms with Crippen LogP contribution in [-0.4, -0.2) is 71.3 Å². The minimum Gasteiger partial charge on any atom is -0.497 e. The number of Topliss-reactive ketones (excluding diaryl/α,β-unsaturated/α-hetero) is 1. The quantitative estimate of drug-likeness (QED) is 0.703. The van der Waals surface area contributed by atoms with Crippen molar-refractivity contribution in [1.29, 1.82) is 0 Å². The number of hydrogen-bond acceptors (Lipinski definition) is 7. The summed E-state index contributed by atoms with van der Waals surface area (Å²) in [5.41, 5.74) is 2.60. The number of carbonyl (C=O) groups is 3. The van der Waals surface area contributed by atoms with Crippen molar-refractivity contribution in [2.24, 2.45) is 4.99 Å². The lowest BCUT2D eigenvalue weighted by molar-refractivity contribution is -0.139. The fourth-order valence-corrected chi connectivity index (χ4v) is 4.42. The Bertz CT molecular complexity index is 1210. The van der Waals surface area contributed by atoms with Gasteiger partial charge in [-0.3, -0.25) is 24.3 Å². The number of benzene rings is 2. The van der Waals surface area contributed by atoms with Gasteiger partial charge in [0, 0.05) is 24.9 Å². The Morgan fingerprint density at radius 1 is 1.09 bits per heavy atom. The molecule has 2 atom stereocenters. The van der Waals surface area contributed by atoms with E-state index in [1.807, 2.05) is 65.7 Å². The molecular formula is C24H23N5O4. The van der Waals surface area contributed by atoms with Gasteiger partial charge in [0.05, 0.1) is 25.0 Å². The number of guanidine groups is 1. The van der Waals surface area contributed by atoms with Gasteiger partial charge >= 0.3 is 6.03 Å². The van der Waals surface area contributed by atoms with Crippen molar-refractivity contribution in [2.45, 2.75) is 19.1 Å². The highest BCUT2D eigenvalue weighted by molar-refractivity contribution is 6.16. The van der Waals surface area contributed by atoms with E-state index in [2.05, 4.69) is 0 Å². The van der Waals surface area contributed by atoms with Crippen molar-refractivity contribution < 1.29 is 19.1 Å². The molecule has 3 aliphatic heterocycles. The maximum Gasteiger partial charge on any atom is 0.328 e. The monoisotopic (exact) mass is 445 g/mol. The van der Waals surface area contributed by atoms with E-state index in [-0.39, 0.29) is 12.3 Å². The summed E-state index contributed by atoms with van der Waals surface area (Å²) < 4.78 is 5.42. The minimum atomic E-state index is -0.753. The molecule has 168 valence electrons. The summed E-state index contributed by atoms with van der Waals surface area (Å²) in [7, 11) is 3.21. The molecule has 1 saturated heterocycles. The Morgan fingerprint density at radius 3 is 2.55 bits per heavy atom. The van der Waals surface area contributed by atoms with Gasteiger partial charge in [-0.1, -0.05) is 36.4 Å². The van der Waals surface area contributed by atoms with Crippen molar-refractivity contribution >= 4 is 35.1 Å². The number of ether oxygens (including phenoxy) is 1. The number of rotatable bonds is 5. The Kier molecular flexibility index (Phi) is 4.88. The molecule has 2 unspecified atom stereocenters. The van der Waals surface area contributed by atoms with Crippen molar-refractivity contribution in [1.82, 2.24) is 14.7 Å². The average Bonchev–Trinajstić information content (AvgIpc) is 3.37. The zero-order valence-corrected chi connectivity index (χ0v) is 18.5. The van der Waals surface area contributed by atoms with Crippen LogP contribution >= 0.6 is 0 Å². The van der Waals surface area contributed by atoms with Crippen molar-refractivity contribution in [2.75, 3.05) is 25.6 Å². The van der Waals surface area contributed by atoms with Crippen LogP contribution in [0.15, 0.2) is 65.8 Å². The number of imide groups is 1. The maximum absolute atomic E-state index is 13.4. The number of ketones is 1. The highest BCUT2D eigenvalue weighted by Gasteiger charge is 2.55. The number of hydrogen-bond donors (Lipinski definition) is 0. The first-order valence-corrected chi connectivity index (χ1v) is 10.6. The van der Waals surface area contributed by atoms with Crippen LogP contribution in [-0.2, 0) is 9.59 Å². The maximum atomic E-state index is 13.4. The van der Waals surface area contributed by atoms with Crippen molar-refractivity contribution in [3.8, 4) is 5.75 Å². The zero-order valence-electron chi connectivity index (χ0n) is 18.5. The van der Waals surface area contributed by atoms with Crippen LogP contribution in [0.25, 0.3) is 5.70 Å². The van der Waals surface area contributed by atoms with Gasteiger partial charge in [0.2, 0.25) is 5.96 Å². The highest BCUT2D eigenvalue weighted by atomic mass is 16.5. The molecular weight excluding hydrogens is 422 g/mol. The lowest BCUT2D eigenvalue weighted by Gasteiger charge is -2.39. The number of methoxy groups -OCH3 is 1. The third-order valence-electron chi connectivity index (χ3n) is 5.97. The molecule has 0 aliphatic carbocycles. The van der Waals surface area contributed by atoms with Crippen LogP contribution < -0.4 is 9.64 Å². The predicted octanol–water partition coefficient (Wildman–Crippen LogP) is 2.36. The summed E-state index contributed by atoms with van der Waals surface area (Å²) in [4.78, 5) is 48.9. The smallest absolute Gasteiger partial charge is 0.328 e. The topological polar surface area (TPSA) is 85.8 Å². The van der Waals surface area contributed by atoms with Gasteiger partial charge in [-0.25, -0.2) is 9.79 Å². The molecule has 5 rings (SSSR count). The fraction of sp³-hybridized carbons (Fsp3) is 0.250. The van der Waals surface area contributed by atoms with E-state index in [0.29, 0.717) is 11.7 Å².